The summed E-state index contributed by atoms with van der Waals surface area (Å²) in [6, 6.07) is 16.1. The minimum atomic E-state index is -4.40. The highest BCUT2D eigenvalue weighted by Crippen LogP contribution is 2.31. The predicted octanol–water partition coefficient (Wildman–Crippen LogP) is 6.42. The third-order valence-electron chi connectivity index (χ3n) is 4.65. The lowest BCUT2D eigenvalue weighted by Crippen LogP contribution is -2.25. The number of nitrogens with one attached hydrogen (secondary N) is 1. The maximum Gasteiger partial charge on any atom is 0.416 e. The average molecular weight is 552 g/mol. The predicted molar refractivity (Wildman–Crippen MR) is 123 cm³/mol. The highest BCUT2D eigenvalue weighted by Gasteiger charge is 2.30. The first kappa shape index (κ1) is 23.8. The lowest BCUT2D eigenvalue weighted by atomic mass is 10.2. The fraction of sp³-hybridized carbons (Fsp3) is 0.0870. The van der Waals surface area contributed by atoms with Crippen molar-refractivity contribution < 1.29 is 22.7 Å². The van der Waals surface area contributed by atoms with Crippen molar-refractivity contribution in [2.45, 2.75) is 12.7 Å². The zero-order valence-electron chi connectivity index (χ0n) is 17.2. The second-order valence-corrected chi connectivity index (χ2v) is 8.24. The van der Waals surface area contributed by atoms with E-state index in [0.717, 1.165) is 17.7 Å². The number of carbonyl (C=O) groups is 1. The molecular weight excluding hydrogens is 537 g/mol. The van der Waals surface area contributed by atoms with Crippen molar-refractivity contribution in [1.82, 2.24) is 20.1 Å². The van der Waals surface area contributed by atoms with Crippen molar-refractivity contribution >= 4 is 33.4 Å². The van der Waals surface area contributed by atoms with Crippen LogP contribution in [0, 0.1) is 0 Å². The fourth-order valence-electron chi connectivity index (χ4n) is 3.00. The number of alkyl halides is 3. The molecule has 0 aliphatic heterocycles. The molecule has 2 heterocycles. The molecule has 0 fully saturated rings. The van der Waals surface area contributed by atoms with E-state index >= 15 is 0 Å². The molecule has 0 saturated heterocycles. The van der Waals surface area contributed by atoms with Crippen LogP contribution in [0.15, 0.2) is 77.5 Å². The summed E-state index contributed by atoms with van der Waals surface area (Å²) < 4.78 is 45.4. The van der Waals surface area contributed by atoms with E-state index in [9.17, 15) is 18.0 Å². The van der Waals surface area contributed by atoms with Crippen LogP contribution in [0.3, 0.4) is 0 Å². The van der Waals surface area contributed by atoms with Gasteiger partial charge in [-0.15, -0.1) is 0 Å². The topological polar surface area (TPSA) is 69.0 Å². The Bertz CT molecular complexity index is 1310. The van der Waals surface area contributed by atoms with E-state index in [-0.39, 0.29) is 23.9 Å². The zero-order chi connectivity index (χ0) is 24.3. The van der Waals surface area contributed by atoms with Gasteiger partial charge < -0.3 is 10.1 Å². The van der Waals surface area contributed by atoms with Gasteiger partial charge in [0.2, 0.25) is 0 Å². The minimum Gasteiger partial charge on any atom is -0.457 e. The number of aromatic nitrogens is 3. The van der Waals surface area contributed by atoms with Gasteiger partial charge in [-0.1, -0.05) is 23.7 Å². The molecule has 174 valence electrons. The van der Waals surface area contributed by atoms with Crippen LogP contribution >= 0.6 is 27.5 Å². The molecule has 0 saturated carbocycles. The molecule has 0 aliphatic carbocycles. The maximum atomic E-state index is 12.8. The SMILES string of the molecule is O=C(NCc1ccc(Oc2ccc(C(F)(F)F)cc2)cc1)c1cc(Br)nn1-c1ncccc1Cl. The molecule has 2 aromatic heterocycles. The molecular formula is C23H15BrClF3N4O2. The van der Waals surface area contributed by atoms with Gasteiger partial charge in [0, 0.05) is 18.8 Å². The quantitative estimate of drug-likeness (QED) is 0.300. The monoisotopic (exact) mass is 550 g/mol. The largest absolute Gasteiger partial charge is 0.457 e. The first-order valence-electron chi connectivity index (χ1n) is 9.79. The van der Waals surface area contributed by atoms with Crippen molar-refractivity contribution in [3.8, 4) is 17.3 Å². The highest BCUT2D eigenvalue weighted by atomic mass is 79.9. The van der Waals surface area contributed by atoms with Crippen molar-refractivity contribution in [2.24, 2.45) is 0 Å². The lowest BCUT2D eigenvalue weighted by molar-refractivity contribution is -0.137. The van der Waals surface area contributed by atoms with Gasteiger partial charge in [0.1, 0.15) is 21.8 Å². The van der Waals surface area contributed by atoms with Gasteiger partial charge in [0.15, 0.2) is 5.82 Å². The summed E-state index contributed by atoms with van der Waals surface area (Å²) in [6.45, 7) is 0.220. The molecule has 0 spiro atoms. The zero-order valence-corrected chi connectivity index (χ0v) is 19.5. The third-order valence-corrected chi connectivity index (χ3v) is 5.33. The van der Waals surface area contributed by atoms with Crippen LogP contribution in [-0.4, -0.2) is 20.7 Å². The minimum absolute atomic E-state index is 0.220. The highest BCUT2D eigenvalue weighted by molar-refractivity contribution is 9.10. The van der Waals surface area contributed by atoms with Gasteiger partial charge in [-0.3, -0.25) is 4.79 Å². The van der Waals surface area contributed by atoms with E-state index in [0.29, 0.717) is 21.2 Å². The average Bonchev–Trinajstić information content (AvgIpc) is 3.20. The normalized spacial score (nSPS) is 11.3. The number of carbonyl (C=O) groups excluding carboxylic acids is 1. The molecule has 0 aliphatic rings. The Hall–Kier alpha value is -3.37. The van der Waals surface area contributed by atoms with Gasteiger partial charge in [0.25, 0.3) is 5.91 Å². The summed E-state index contributed by atoms with van der Waals surface area (Å²) >= 11 is 9.45. The van der Waals surface area contributed by atoms with Crippen molar-refractivity contribution in [3.63, 3.8) is 0 Å². The third kappa shape index (κ3) is 5.57. The Balaban J connectivity index is 1.40. The van der Waals surface area contributed by atoms with Crippen LogP contribution in [0.1, 0.15) is 21.6 Å². The first-order valence-corrected chi connectivity index (χ1v) is 11.0. The maximum absolute atomic E-state index is 12.8. The number of halogens is 5. The number of hydrogen-bond donors (Lipinski definition) is 1. The number of pyridine rings is 1. The van der Waals surface area contributed by atoms with Crippen molar-refractivity contribution in [1.29, 1.82) is 0 Å². The Morgan fingerprint density at radius 1 is 1.06 bits per heavy atom. The van der Waals surface area contributed by atoms with E-state index in [2.05, 4.69) is 31.3 Å². The number of ether oxygens (including phenoxy) is 1. The van der Waals surface area contributed by atoms with Crippen LogP contribution in [0.25, 0.3) is 5.82 Å². The summed E-state index contributed by atoms with van der Waals surface area (Å²) in [4.78, 5) is 17.0. The van der Waals surface area contributed by atoms with Crippen LogP contribution in [0.2, 0.25) is 5.02 Å². The Labute approximate surface area is 205 Å². The second-order valence-electron chi connectivity index (χ2n) is 7.02. The second kappa shape index (κ2) is 9.86. The standard InChI is InChI=1S/C23H15BrClF3N4O2/c24-20-12-19(32(31-20)21-18(25)2-1-11-29-21)22(33)30-13-14-3-7-16(8-4-14)34-17-9-5-15(6-10-17)23(26,27)28/h1-12H,13H2,(H,30,33). The molecule has 4 aromatic rings. The van der Waals surface area contributed by atoms with Crippen molar-refractivity contribution in [2.75, 3.05) is 0 Å². The molecule has 1 N–H and O–H groups in total. The Morgan fingerprint density at radius 2 is 1.71 bits per heavy atom. The van der Waals surface area contributed by atoms with Gasteiger partial charge in [-0.25, -0.2) is 9.67 Å². The lowest BCUT2D eigenvalue weighted by Gasteiger charge is -2.10. The summed E-state index contributed by atoms with van der Waals surface area (Å²) in [7, 11) is 0. The van der Waals surface area contributed by atoms with Gasteiger partial charge in [-0.05, 0) is 70.0 Å². The number of rotatable bonds is 6. The molecule has 0 bridgehead atoms. The van der Waals surface area contributed by atoms with Crippen LogP contribution in [-0.2, 0) is 12.7 Å². The molecule has 6 nitrogen and oxygen atoms in total. The molecule has 0 unspecified atom stereocenters. The fourth-order valence-corrected chi connectivity index (χ4v) is 3.58. The van der Waals surface area contributed by atoms with E-state index < -0.39 is 11.7 Å². The van der Waals surface area contributed by atoms with Crippen LogP contribution in [0.5, 0.6) is 11.5 Å². The molecule has 0 radical (unpaired) electrons. The smallest absolute Gasteiger partial charge is 0.416 e. The van der Waals surface area contributed by atoms with Crippen LogP contribution < -0.4 is 10.1 Å². The van der Waals surface area contributed by atoms with E-state index in [1.807, 2.05) is 0 Å². The summed E-state index contributed by atoms with van der Waals surface area (Å²) in [5.74, 6) is 0.664. The van der Waals surface area contributed by atoms with E-state index in [4.69, 9.17) is 16.3 Å². The molecule has 4 rings (SSSR count). The summed E-state index contributed by atoms with van der Waals surface area (Å²) in [6.07, 6.45) is -2.85. The van der Waals surface area contributed by atoms with Crippen LogP contribution in [0.4, 0.5) is 13.2 Å². The first-order chi connectivity index (χ1) is 16.2. The molecule has 1 amide bonds. The molecule has 2 aromatic carbocycles. The number of amides is 1. The van der Waals surface area contributed by atoms with Gasteiger partial charge in [0.05, 0.1) is 10.6 Å². The summed E-state index contributed by atoms with van der Waals surface area (Å²) in [5, 5.41) is 7.39. The van der Waals surface area contributed by atoms with E-state index in [1.54, 1.807) is 48.7 Å². The number of hydrogen-bond acceptors (Lipinski definition) is 4. The van der Waals surface area contributed by atoms with Gasteiger partial charge in [-0.2, -0.15) is 18.3 Å². The number of benzene rings is 2. The molecule has 11 heteroatoms. The van der Waals surface area contributed by atoms with Crippen molar-refractivity contribution in [3.05, 3.63) is 99.4 Å². The summed E-state index contributed by atoms with van der Waals surface area (Å²) in [5.41, 5.74) is 0.286. The number of nitrogens with zero attached hydrogens (tertiary/aromatic N) is 3. The Kier molecular flexibility index (Phi) is 6.90. The van der Waals surface area contributed by atoms with Gasteiger partial charge >= 0.3 is 6.18 Å². The molecule has 34 heavy (non-hydrogen) atoms. The van der Waals surface area contributed by atoms with E-state index in [1.165, 1.54) is 16.8 Å². The Morgan fingerprint density at radius 3 is 2.32 bits per heavy atom. The molecule has 0 atom stereocenters.